The molecule has 0 radical (unpaired) electrons. The SMILES string of the molecule is C1=CCC(c2ccc(N(c3ccc(-c4ccccc4)cc3)c3cccc4c3-c3ccccc3C43C4CC5CC6CC3[C@@]64C5)cc2)C=C1. The summed E-state index contributed by atoms with van der Waals surface area (Å²) in [5.41, 5.74) is 14.6. The van der Waals surface area contributed by atoms with Gasteiger partial charge < -0.3 is 4.90 Å². The zero-order valence-electron chi connectivity index (χ0n) is 26.7. The van der Waals surface area contributed by atoms with Crippen LogP contribution in [-0.4, -0.2) is 0 Å². The first-order chi connectivity index (χ1) is 23.3. The van der Waals surface area contributed by atoms with Gasteiger partial charge in [-0.05, 0) is 125 Å². The molecule has 47 heavy (non-hydrogen) atoms. The Hall–Kier alpha value is -4.62. The second-order valence-corrected chi connectivity index (χ2v) is 15.3. The molecule has 0 saturated heterocycles. The van der Waals surface area contributed by atoms with Gasteiger partial charge in [0.2, 0.25) is 0 Å². The van der Waals surface area contributed by atoms with Crippen molar-refractivity contribution in [2.45, 2.75) is 43.4 Å². The van der Waals surface area contributed by atoms with E-state index in [1.165, 1.54) is 70.6 Å². The molecule has 5 aromatic rings. The minimum atomic E-state index is 0.196. The van der Waals surface area contributed by atoms with E-state index < -0.39 is 0 Å². The molecule has 0 heterocycles. The van der Waals surface area contributed by atoms with E-state index in [1.54, 1.807) is 11.1 Å². The minimum Gasteiger partial charge on any atom is -0.310 e. The number of rotatable bonds is 5. The number of fused-ring (bicyclic) bond motifs is 8. The van der Waals surface area contributed by atoms with Gasteiger partial charge in [0.15, 0.2) is 0 Å². The van der Waals surface area contributed by atoms with Gasteiger partial charge in [0.1, 0.15) is 0 Å². The van der Waals surface area contributed by atoms with E-state index in [2.05, 4.69) is 151 Å². The Balaban J connectivity index is 1.09. The molecule has 6 aliphatic carbocycles. The molecule has 0 amide bonds. The molecule has 4 fully saturated rings. The third-order valence-corrected chi connectivity index (χ3v) is 13.7. The van der Waals surface area contributed by atoms with Crippen LogP contribution in [-0.2, 0) is 5.41 Å². The maximum atomic E-state index is 2.54. The van der Waals surface area contributed by atoms with Gasteiger partial charge in [0.05, 0.1) is 5.69 Å². The van der Waals surface area contributed by atoms with Gasteiger partial charge in [-0.25, -0.2) is 0 Å². The number of anilines is 3. The van der Waals surface area contributed by atoms with Crippen LogP contribution in [0.3, 0.4) is 0 Å². The number of allylic oxidation sites excluding steroid dienone is 4. The van der Waals surface area contributed by atoms with Gasteiger partial charge in [-0.15, -0.1) is 0 Å². The summed E-state index contributed by atoms with van der Waals surface area (Å²) < 4.78 is 0. The Morgan fingerprint density at radius 3 is 2.11 bits per heavy atom. The number of hydrogen-bond acceptors (Lipinski definition) is 1. The molecule has 0 aromatic heterocycles. The van der Waals surface area contributed by atoms with Crippen LogP contribution in [0.1, 0.15) is 54.7 Å². The zero-order valence-corrected chi connectivity index (χ0v) is 26.7. The van der Waals surface area contributed by atoms with E-state index in [-0.39, 0.29) is 5.41 Å². The van der Waals surface area contributed by atoms with Crippen LogP contribution in [0.4, 0.5) is 17.1 Å². The maximum absolute atomic E-state index is 2.54. The third-order valence-electron chi connectivity index (χ3n) is 13.7. The van der Waals surface area contributed by atoms with Gasteiger partial charge in [-0.3, -0.25) is 0 Å². The Bertz CT molecular complexity index is 2100. The Morgan fingerprint density at radius 2 is 1.32 bits per heavy atom. The quantitative estimate of drug-likeness (QED) is 0.193. The molecule has 4 saturated carbocycles. The normalized spacial score (nSPS) is 31.2. The Morgan fingerprint density at radius 1 is 0.596 bits per heavy atom. The van der Waals surface area contributed by atoms with Gasteiger partial charge in [-0.2, -0.15) is 0 Å². The smallest absolute Gasteiger partial charge is 0.0543 e. The highest BCUT2D eigenvalue weighted by molar-refractivity contribution is 5.96. The number of hydrogen-bond donors (Lipinski definition) is 0. The molecule has 0 N–H and O–H groups in total. The van der Waals surface area contributed by atoms with E-state index >= 15 is 0 Å². The summed E-state index contributed by atoms with van der Waals surface area (Å²) in [4.78, 5) is 2.54. The van der Waals surface area contributed by atoms with Gasteiger partial charge in [-0.1, -0.05) is 115 Å². The van der Waals surface area contributed by atoms with Crippen molar-refractivity contribution < 1.29 is 0 Å². The van der Waals surface area contributed by atoms with Crippen molar-refractivity contribution in [3.05, 3.63) is 162 Å². The van der Waals surface area contributed by atoms with Crippen molar-refractivity contribution in [2.24, 2.45) is 29.1 Å². The van der Waals surface area contributed by atoms with Gasteiger partial charge in [0, 0.05) is 28.3 Å². The molecular formula is C46H39N. The Kier molecular flexibility index (Phi) is 5.33. The van der Waals surface area contributed by atoms with Crippen LogP contribution in [0.2, 0.25) is 0 Å². The van der Waals surface area contributed by atoms with Crippen molar-refractivity contribution in [1.29, 1.82) is 0 Å². The Labute approximate surface area is 278 Å². The minimum absolute atomic E-state index is 0.196. The first kappa shape index (κ1) is 26.4. The maximum Gasteiger partial charge on any atom is 0.0543 e. The van der Waals surface area contributed by atoms with Crippen molar-refractivity contribution in [3.8, 4) is 22.3 Å². The number of benzene rings is 5. The monoisotopic (exact) mass is 605 g/mol. The fourth-order valence-corrected chi connectivity index (χ4v) is 12.1. The fourth-order valence-electron chi connectivity index (χ4n) is 12.1. The van der Waals surface area contributed by atoms with E-state index in [0.29, 0.717) is 11.3 Å². The lowest BCUT2D eigenvalue weighted by Gasteiger charge is -2.76. The molecule has 2 bridgehead atoms. The summed E-state index contributed by atoms with van der Waals surface area (Å²) in [7, 11) is 0. The topological polar surface area (TPSA) is 3.24 Å². The fraction of sp³-hybridized carbons (Fsp3) is 0.261. The van der Waals surface area contributed by atoms with E-state index in [0.717, 1.165) is 30.1 Å². The van der Waals surface area contributed by atoms with Gasteiger partial charge >= 0.3 is 0 Å². The largest absolute Gasteiger partial charge is 0.310 e. The predicted octanol–water partition coefficient (Wildman–Crippen LogP) is 11.8. The molecular weight excluding hydrogens is 567 g/mol. The van der Waals surface area contributed by atoms with Crippen LogP contribution in [0.25, 0.3) is 22.3 Å². The molecule has 11 rings (SSSR count). The molecule has 0 aliphatic heterocycles. The molecule has 6 unspecified atom stereocenters. The van der Waals surface area contributed by atoms with Gasteiger partial charge in [0.25, 0.3) is 0 Å². The van der Waals surface area contributed by atoms with Crippen molar-refractivity contribution in [1.82, 2.24) is 0 Å². The zero-order chi connectivity index (χ0) is 30.7. The summed E-state index contributed by atoms with van der Waals surface area (Å²) in [6.45, 7) is 0. The molecule has 1 nitrogen and oxygen atoms in total. The lowest BCUT2D eigenvalue weighted by Crippen LogP contribution is -2.73. The highest BCUT2D eigenvalue weighted by Crippen LogP contribution is 2.89. The van der Waals surface area contributed by atoms with Crippen LogP contribution in [0.5, 0.6) is 0 Å². The molecule has 2 spiro atoms. The molecule has 228 valence electrons. The van der Waals surface area contributed by atoms with E-state index in [4.69, 9.17) is 0 Å². The van der Waals surface area contributed by atoms with E-state index in [1.807, 2.05) is 0 Å². The second-order valence-electron chi connectivity index (χ2n) is 15.3. The molecule has 5 aromatic carbocycles. The van der Waals surface area contributed by atoms with Crippen LogP contribution in [0.15, 0.2) is 146 Å². The van der Waals surface area contributed by atoms with Crippen LogP contribution < -0.4 is 4.90 Å². The first-order valence-electron chi connectivity index (χ1n) is 17.9. The summed E-state index contributed by atoms with van der Waals surface area (Å²) in [6.07, 6.45) is 15.9. The summed E-state index contributed by atoms with van der Waals surface area (Å²) in [5, 5.41) is 0. The molecule has 7 atom stereocenters. The summed E-state index contributed by atoms with van der Waals surface area (Å²) in [6, 6.07) is 46.2. The van der Waals surface area contributed by atoms with Crippen LogP contribution >= 0.6 is 0 Å². The predicted molar refractivity (Wildman–Crippen MR) is 193 cm³/mol. The third kappa shape index (κ3) is 3.30. The molecule has 1 heteroatoms. The second kappa shape index (κ2) is 9.48. The first-order valence-corrected chi connectivity index (χ1v) is 17.9. The summed E-state index contributed by atoms with van der Waals surface area (Å²) >= 11 is 0. The average Bonchev–Trinajstić information content (AvgIpc) is 3.77. The van der Waals surface area contributed by atoms with Crippen molar-refractivity contribution in [3.63, 3.8) is 0 Å². The number of nitrogens with zero attached hydrogens (tertiary/aromatic N) is 1. The lowest BCUT2D eigenvalue weighted by molar-refractivity contribution is -0.231. The van der Waals surface area contributed by atoms with Crippen molar-refractivity contribution >= 4 is 17.1 Å². The standard InChI is InChI=1S/C46H39N/c1-3-10-31(11-4-1)33-18-22-36(23-19-33)47(37-24-20-34(21-25-37)32-12-5-2-6-13-32)41-17-9-16-40-44(41)38-14-7-8-15-39(38)46(40)42-27-30-26-35-28-43(46)45(35,42)29-30/h1-12,14-25,30,32,35,42-43H,13,26-29H2/t30?,32?,35?,42?,43?,45-,46?/m0/s1. The van der Waals surface area contributed by atoms with Crippen molar-refractivity contribution in [2.75, 3.05) is 4.90 Å². The average molecular weight is 606 g/mol. The highest BCUT2D eigenvalue weighted by Gasteiger charge is 2.84. The van der Waals surface area contributed by atoms with Crippen LogP contribution in [0, 0.1) is 29.1 Å². The summed E-state index contributed by atoms with van der Waals surface area (Å²) in [5.74, 6) is 4.02. The molecule has 6 aliphatic rings. The lowest BCUT2D eigenvalue weighted by atomic mass is 9.27. The van der Waals surface area contributed by atoms with E-state index in [9.17, 15) is 0 Å². The highest BCUT2D eigenvalue weighted by atomic mass is 15.1.